The van der Waals surface area contributed by atoms with E-state index in [1.807, 2.05) is 54.0 Å². The summed E-state index contributed by atoms with van der Waals surface area (Å²) in [6.07, 6.45) is 0. The van der Waals surface area contributed by atoms with E-state index in [4.69, 9.17) is 0 Å². The lowest BCUT2D eigenvalue weighted by molar-refractivity contribution is 0.150. The van der Waals surface area contributed by atoms with Crippen LogP contribution in [0.1, 0.15) is 5.69 Å². The highest BCUT2D eigenvalue weighted by molar-refractivity contribution is 5.43. The molecule has 7 heteroatoms. The Morgan fingerprint density at radius 3 is 2.30 bits per heavy atom. The van der Waals surface area contributed by atoms with E-state index in [9.17, 15) is 4.79 Å². The van der Waals surface area contributed by atoms with Gasteiger partial charge in [0.1, 0.15) is 0 Å². The third-order valence-electron chi connectivity index (χ3n) is 4.27. The smallest absolute Gasteiger partial charge is 0.299 e. The molecule has 122 valence electrons. The Labute approximate surface area is 135 Å². The molecule has 0 unspecified atom stereocenters. The molecular formula is C16H22N6O. The summed E-state index contributed by atoms with van der Waals surface area (Å²) in [6.45, 7) is 5.47. The molecule has 0 radical (unpaired) electrons. The van der Waals surface area contributed by atoms with Gasteiger partial charge in [0.15, 0.2) is 5.69 Å². The van der Waals surface area contributed by atoms with Crippen molar-refractivity contribution in [3.05, 3.63) is 46.4 Å². The molecule has 1 fully saturated rings. The van der Waals surface area contributed by atoms with Crippen LogP contribution >= 0.6 is 0 Å². The first-order valence-corrected chi connectivity index (χ1v) is 7.77. The van der Waals surface area contributed by atoms with Crippen molar-refractivity contribution in [3.8, 4) is 5.69 Å². The van der Waals surface area contributed by atoms with E-state index in [1.54, 1.807) is 4.68 Å². The van der Waals surface area contributed by atoms with E-state index in [2.05, 4.69) is 22.3 Å². The molecule has 0 spiro atoms. The fourth-order valence-corrected chi connectivity index (χ4v) is 2.66. The van der Waals surface area contributed by atoms with Crippen molar-refractivity contribution in [1.29, 1.82) is 0 Å². The number of hydrogen-bond donors (Lipinski definition) is 0. The molecule has 2 heterocycles. The van der Waals surface area contributed by atoms with Gasteiger partial charge in [0, 0.05) is 20.1 Å². The molecule has 0 bridgehead atoms. The number of benzene rings is 1. The summed E-state index contributed by atoms with van der Waals surface area (Å²) < 4.78 is 3.43. The third-order valence-corrected chi connectivity index (χ3v) is 4.27. The van der Waals surface area contributed by atoms with Crippen molar-refractivity contribution in [3.63, 3.8) is 0 Å². The maximum Gasteiger partial charge on any atom is 0.299 e. The van der Waals surface area contributed by atoms with E-state index in [0.29, 0.717) is 5.69 Å². The van der Waals surface area contributed by atoms with Gasteiger partial charge in [-0.25, -0.2) is 4.68 Å². The maximum atomic E-state index is 12.7. The Morgan fingerprint density at radius 1 is 1.00 bits per heavy atom. The average Bonchev–Trinajstić information content (AvgIpc) is 2.78. The van der Waals surface area contributed by atoms with Crippen LogP contribution in [0.5, 0.6) is 0 Å². The van der Waals surface area contributed by atoms with Crippen molar-refractivity contribution >= 4 is 5.69 Å². The van der Waals surface area contributed by atoms with Gasteiger partial charge >= 0.3 is 0 Å². The molecule has 1 saturated heterocycles. The molecule has 0 N–H and O–H groups in total. The second-order valence-electron chi connectivity index (χ2n) is 5.86. The van der Waals surface area contributed by atoms with Crippen LogP contribution in [0, 0.1) is 6.92 Å². The molecule has 1 aliphatic rings. The summed E-state index contributed by atoms with van der Waals surface area (Å²) in [5.74, 6) is 0. The standard InChI is InChI=1S/C16H22N6O/c1-13-15(17-18-21-11-9-19(2)10-12-21)16(23)22(20(13)3)14-7-5-4-6-8-14/h4-8H,9-12H2,1-3H3. The SMILES string of the molecule is Cc1c(N=NN2CCN(C)CC2)c(=O)n(-c2ccccc2)n1C. The van der Waals surface area contributed by atoms with Crippen LogP contribution in [-0.2, 0) is 7.05 Å². The van der Waals surface area contributed by atoms with Crippen LogP contribution in [0.25, 0.3) is 5.69 Å². The van der Waals surface area contributed by atoms with Gasteiger partial charge in [-0.2, -0.15) is 0 Å². The van der Waals surface area contributed by atoms with E-state index < -0.39 is 0 Å². The summed E-state index contributed by atoms with van der Waals surface area (Å²) in [5, 5.41) is 10.4. The molecule has 0 amide bonds. The fraction of sp³-hybridized carbons (Fsp3) is 0.438. The molecule has 1 aromatic carbocycles. The van der Waals surface area contributed by atoms with Crippen molar-refractivity contribution in [2.75, 3.05) is 33.2 Å². The normalized spacial score (nSPS) is 16.4. The monoisotopic (exact) mass is 314 g/mol. The predicted molar refractivity (Wildman–Crippen MR) is 89.3 cm³/mol. The van der Waals surface area contributed by atoms with Crippen molar-refractivity contribution < 1.29 is 0 Å². The van der Waals surface area contributed by atoms with Gasteiger partial charge in [0.2, 0.25) is 0 Å². The maximum absolute atomic E-state index is 12.7. The van der Waals surface area contributed by atoms with E-state index in [0.717, 1.165) is 37.6 Å². The van der Waals surface area contributed by atoms with E-state index >= 15 is 0 Å². The van der Waals surface area contributed by atoms with Crippen LogP contribution < -0.4 is 5.56 Å². The first kappa shape index (κ1) is 15.5. The zero-order valence-corrected chi connectivity index (χ0v) is 13.8. The average molecular weight is 314 g/mol. The number of aromatic nitrogens is 2. The van der Waals surface area contributed by atoms with Crippen LogP contribution in [0.15, 0.2) is 45.5 Å². The van der Waals surface area contributed by atoms with Gasteiger partial charge in [-0.15, -0.1) is 5.11 Å². The second kappa shape index (κ2) is 6.37. The minimum atomic E-state index is -0.144. The van der Waals surface area contributed by atoms with E-state index in [1.165, 1.54) is 0 Å². The quantitative estimate of drug-likeness (QED) is 0.811. The van der Waals surface area contributed by atoms with E-state index in [-0.39, 0.29) is 5.56 Å². The molecule has 0 saturated carbocycles. The molecule has 1 aromatic heterocycles. The molecule has 1 aliphatic heterocycles. The summed E-state index contributed by atoms with van der Waals surface area (Å²) >= 11 is 0. The zero-order chi connectivity index (χ0) is 16.4. The minimum absolute atomic E-state index is 0.144. The summed E-state index contributed by atoms with van der Waals surface area (Å²) in [7, 11) is 3.95. The van der Waals surface area contributed by atoms with Gasteiger partial charge in [-0.05, 0) is 26.1 Å². The Balaban J connectivity index is 1.91. The topological polar surface area (TPSA) is 58.1 Å². The lowest BCUT2D eigenvalue weighted by Crippen LogP contribution is -2.41. The first-order valence-electron chi connectivity index (χ1n) is 7.77. The van der Waals surface area contributed by atoms with Crippen LogP contribution in [0.3, 0.4) is 0 Å². The second-order valence-corrected chi connectivity index (χ2v) is 5.86. The van der Waals surface area contributed by atoms with Gasteiger partial charge in [0.25, 0.3) is 5.56 Å². The van der Waals surface area contributed by atoms with Crippen LogP contribution in [-0.4, -0.2) is 52.5 Å². The predicted octanol–water partition coefficient (Wildman–Crippen LogP) is 1.73. The molecular weight excluding hydrogens is 292 g/mol. The lowest BCUT2D eigenvalue weighted by atomic mass is 10.3. The van der Waals surface area contributed by atoms with Crippen molar-refractivity contribution in [1.82, 2.24) is 19.3 Å². The highest BCUT2D eigenvalue weighted by Gasteiger charge is 2.17. The Hall–Kier alpha value is -2.41. The minimum Gasteiger partial charge on any atom is -0.303 e. The van der Waals surface area contributed by atoms with Gasteiger partial charge < -0.3 is 4.90 Å². The Kier molecular flexibility index (Phi) is 4.29. The number of nitrogens with zero attached hydrogens (tertiary/aromatic N) is 6. The van der Waals surface area contributed by atoms with Crippen LogP contribution in [0.4, 0.5) is 5.69 Å². The fourth-order valence-electron chi connectivity index (χ4n) is 2.66. The number of hydrogen-bond acceptors (Lipinski definition) is 4. The zero-order valence-electron chi connectivity index (χ0n) is 13.8. The van der Waals surface area contributed by atoms with Crippen molar-refractivity contribution in [2.24, 2.45) is 17.4 Å². The largest absolute Gasteiger partial charge is 0.303 e. The third kappa shape index (κ3) is 3.05. The van der Waals surface area contributed by atoms with Gasteiger partial charge in [-0.3, -0.25) is 14.5 Å². The summed E-state index contributed by atoms with van der Waals surface area (Å²) in [5.41, 5.74) is 1.88. The van der Waals surface area contributed by atoms with Gasteiger partial charge in [0.05, 0.1) is 24.5 Å². The number of rotatable bonds is 3. The Bertz CT molecular complexity index is 753. The van der Waals surface area contributed by atoms with Crippen molar-refractivity contribution in [2.45, 2.75) is 6.92 Å². The lowest BCUT2D eigenvalue weighted by Gasteiger charge is -2.29. The number of para-hydroxylation sites is 1. The molecule has 3 rings (SSSR count). The summed E-state index contributed by atoms with van der Waals surface area (Å²) in [6, 6.07) is 9.56. The molecule has 0 aliphatic carbocycles. The molecule has 2 aromatic rings. The first-order chi connectivity index (χ1) is 11.1. The highest BCUT2D eigenvalue weighted by atomic mass is 16.1. The van der Waals surface area contributed by atoms with Crippen LogP contribution in [0.2, 0.25) is 0 Å². The molecule has 7 nitrogen and oxygen atoms in total. The number of likely N-dealkylation sites (N-methyl/N-ethyl adjacent to an activating group) is 1. The molecule has 0 atom stereocenters. The number of piperazine rings is 1. The Morgan fingerprint density at radius 2 is 1.65 bits per heavy atom. The summed E-state index contributed by atoms with van der Waals surface area (Å²) in [4.78, 5) is 14.9. The highest BCUT2D eigenvalue weighted by Crippen LogP contribution is 2.17. The van der Waals surface area contributed by atoms with Gasteiger partial charge in [-0.1, -0.05) is 23.4 Å². The molecule has 23 heavy (non-hydrogen) atoms.